The van der Waals surface area contributed by atoms with E-state index in [0.717, 1.165) is 0 Å². The molecule has 2 fully saturated rings. The van der Waals surface area contributed by atoms with Gasteiger partial charge in [-0.25, -0.2) is 18.5 Å². The molecule has 0 saturated carbocycles. The first-order valence-corrected chi connectivity index (χ1v) is 12.4. The molecule has 32 heavy (non-hydrogen) atoms. The van der Waals surface area contributed by atoms with Crippen LogP contribution in [0.25, 0.3) is 0 Å². The predicted octanol–water partition coefficient (Wildman–Crippen LogP) is -0.148. The number of nitrogen functional groups attached to an aromatic ring is 1. The van der Waals surface area contributed by atoms with Crippen molar-refractivity contribution in [3.8, 4) is 0 Å². The average molecular weight is 533 g/mol. The Morgan fingerprint density at radius 3 is 2.22 bits per heavy atom. The second kappa shape index (κ2) is 8.23. The summed E-state index contributed by atoms with van der Waals surface area (Å²) in [6.07, 6.45) is -12.6. The van der Waals surface area contributed by atoms with Crippen LogP contribution in [0.2, 0.25) is 0 Å². The van der Waals surface area contributed by atoms with Crippen molar-refractivity contribution in [1.82, 2.24) is 9.55 Å². The largest absolute Gasteiger partial charge is 0.492 e. The van der Waals surface area contributed by atoms with Gasteiger partial charge in [0, 0.05) is 6.20 Å². The molecule has 2 saturated heterocycles. The van der Waals surface area contributed by atoms with E-state index in [1.165, 1.54) is 0 Å². The summed E-state index contributed by atoms with van der Waals surface area (Å²) in [5.41, 5.74) is 2.14. The number of ether oxygens (including phenoxy) is 1. The Morgan fingerprint density at radius 2 is 1.69 bits per heavy atom. The maximum absolute atomic E-state index is 13.0. The number of aromatic nitrogens is 2. The highest BCUT2D eigenvalue weighted by molar-refractivity contribution is 7.74. The first-order valence-electron chi connectivity index (χ1n) is 7.95. The lowest BCUT2D eigenvalue weighted by molar-refractivity contribution is -0.138. The minimum absolute atomic E-state index is 0.181. The van der Waals surface area contributed by atoms with E-state index in [1.807, 2.05) is 0 Å². The van der Waals surface area contributed by atoms with Crippen molar-refractivity contribution in [2.75, 3.05) is 12.3 Å². The summed E-state index contributed by atoms with van der Waals surface area (Å²) in [4.78, 5) is 33.2. The van der Waals surface area contributed by atoms with Crippen LogP contribution in [-0.4, -0.2) is 54.5 Å². The summed E-state index contributed by atoms with van der Waals surface area (Å²) >= 11 is 0. The van der Waals surface area contributed by atoms with E-state index in [2.05, 4.69) is 22.4 Å². The summed E-state index contributed by atoms with van der Waals surface area (Å²) in [5.74, 6) is -1.15. The van der Waals surface area contributed by atoms with Crippen LogP contribution in [-0.2, 0) is 42.1 Å². The lowest BCUT2D eigenvalue weighted by Crippen LogP contribution is -2.37. The molecule has 0 bridgehead atoms. The predicted molar refractivity (Wildman–Crippen MR) is 90.3 cm³/mol. The smallest absolute Gasteiger partial charge is 0.387 e. The summed E-state index contributed by atoms with van der Waals surface area (Å²) < 4.78 is 95.4. The highest BCUT2D eigenvalue weighted by Gasteiger charge is 2.55. The standard InChI is InChI=1S/C10H13F3N3O13P3/c11-10(12,13)3-1-16(9(19)15-7(3)14)8-6(18)5(17)4(26-8)2-25-32(24)28-30(20,21)27-31(22,23)29-32/h1,4-6,8,17-18H,2H2,(H,20,21)(H,22,23)(H2,14,15,19)/t4-,5?,6?,8-/m1/s1. The molecule has 2 aliphatic heterocycles. The second-order valence-corrected chi connectivity index (χ2v) is 11.2. The quantitative estimate of drug-likeness (QED) is 0.316. The molecular weight excluding hydrogens is 520 g/mol. The number of aliphatic hydroxyl groups is 2. The minimum Gasteiger partial charge on any atom is -0.387 e. The number of hydrogen-bond donors (Lipinski definition) is 5. The van der Waals surface area contributed by atoms with Crippen LogP contribution in [0.5, 0.6) is 0 Å². The monoisotopic (exact) mass is 533 g/mol. The molecule has 1 aromatic rings. The topological polar surface area (TPSA) is 239 Å². The van der Waals surface area contributed by atoms with E-state index in [1.54, 1.807) is 0 Å². The third-order valence-corrected chi connectivity index (χ3v) is 9.27. The van der Waals surface area contributed by atoms with Gasteiger partial charge in [-0.2, -0.15) is 31.1 Å². The second-order valence-electron chi connectivity index (χ2n) is 6.20. The molecule has 4 unspecified atom stereocenters. The van der Waals surface area contributed by atoms with Gasteiger partial charge < -0.3 is 30.5 Å². The van der Waals surface area contributed by atoms with Gasteiger partial charge in [0.25, 0.3) is 0 Å². The fourth-order valence-electron chi connectivity index (χ4n) is 2.62. The summed E-state index contributed by atoms with van der Waals surface area (Å²) in [6.45, 7) is -1.13. The molecule has 0 aromatic carbocycles. The lowest BCUT2D eigenvalue weighted by atomic mass is 10.1. The zero-order valence-corrected chi connectivity index (χ0v) is 17.7. The van der Waals surface area contributed by atoms with E-state index in [-0.39, 0.29) is 10.8 Å². The van der Waals surface area contributed by atoms with Crippen LogP contribution < -0.4 is 11.4 Å². The average Bonchev–Trinajstić information content (AvgIpc) is 2.84. The van der Waals surface area contributed by atoms with Gasteiger partial charge in [-0.3, -0.25) is 9.09 Å². The highest BCUT2D eigenvalue weighted by atomic mass is 31.3. The van der Waals surface area contributed by atoms with Gasteiger partial charge in [0.15, 0.2) is 6.23 Å². The summed E-state index contributed by atoms with van der Waals surface area (Å²) in [7, 11) is -16.0. The zero-order valence-electron chi connectivity index (χ0n) is 15.0. The maximum atomic E-state index is 13.0. The molecule has 3 rings (SSSR count). The number of nitrogens with zero attached hydrogens (tertiary/aromatic N) is 2. The molecule has 1 aromatic heterocycles. The van der Waals surface area contributed by atoms with Gasteiger partial charge in [0.2, 0.25) is 0 Å². The molecule has 182 valence electrons. The van der Waals surface area contributed by atoms with Crippen LogP contribution in [0, 0.1) is 0 Å². The molecule has 0 amide bonds. The lowest BCUT2D eigenvalue weighted by Gasteiger charge is -2.27. The maximum Gasteiger partial charge on any atom is 0.492 e. The van der Waals surface area contributed by atoms with Crippen LogP contribution in [0.15, 0.2) is 11.0 Å². The Kier molecular flexibility index (Phi) is 6.54. The van der Waals surface area contributed by atoms with E-state index in [4.69, 9.17) is 20.3 Å². The molecule has 2 aliphatic rings. The molecule has 0 spiro atoms. The van der Waals surface area contributed by atoms with Crippen molar-refractivity contribution >= 4 is 29.3 Å². The van der Waals surface area contributed by atoms with Crippen molar-refractivity contribution in [2.45, 2.75) is 30.7 Å². The molecule has 6 N–H and O–H groups in total. The van der Waals surface area contributed by atoms with Gasteiger partial charge in [-0.05, 0) is 0 Å². The third kappa shape index (κ3) is 5.30. The molecule has 22 heteroatoms. The van der Waals surface area contributed by atoms with Crippen LogP contribution in [0.4, 0.5) is 19.0 Å². The molecule has 0 radical (unpaired) electrons. The van der Waals surface area contributed by atoms with Gasteiger partial charge in [0.1, 0.15) is 29.7 Å². The summed E-state index contributed by atoms with van der Waals surface area (Å²) in [6, 6.07) is 0. The number of halogens is 3. The van der Waals surface area contributed by atoms with Crippen molar-refractivity contribution in [3.05, 3.63) is 22.2 Å². The fraction of sp³-hybridized carbons (Fsp3) is 0.600. The van der Waals surface area contributed by atoms with Crippen molar-refractivity contribution < 1.29 is 69.1 Å². The normalized spacial score (nSPS) is 40.5. The Balaban J connectivity index is 1.81. The number of phosphoric acid groups is 3. The minimum atomic E-state index is -5.36. The van der Waals surface area contributed by atoms with Crippen LogP contribution >= 0.6 is 23.5 Å². The van der Waals surface area contributed by atoms with Crippen molar-refractivity contribution in [1.29, 1.82) is 0 Å². The molecule has 0 aliphatic carbocycles. The van der Waals surface area contributed by atoms with Crippen LogP contribution in [0.1, 0.15) is 11.8 Å². The Labute approximate surface area is 174 Å². The first-order chi connectivity index (χ1) is 14.4. The van der Waals surface area contributed by atoms with E-state index < -0.39 is 77.9 Å². The number of aliphatic hydroxyl groups excluding tert-OH is 2. The van der Waals surface area contributed by atoms with E-state index in [0.29, 0.717) is 0 Å². The molecule has 3 heterocycles. The van der Waals surface area contributed by atoms with Crippen molar-refractivity contribution in [2.24, 2.45) is 0 Å². The molecule has 16 nitrogen and oxygen atoms in total. The molecule has 6 atom stereocenters. The van der Waals surface area contributed by atoms with Crippen LogP contribution in [0.3, 0.4) is 0 Å². The highest BCUT2D eigenvalue weighted by Crippen LogP contribution is 2.80. The number of nitrogens with two attached hydrogens (primary N) is 1. The first kappa shape index (κ1) is 25.4. The van der Waals surface area contributed by atoms with Crippen molar-refractivity contribution in [3.63, 3.8) is 0 Å². The van der Waals surface area contributed by atoms with Gasteiger partial charge in [0.05, 0.1) is 6.61 Å². The van der Waals surface area contributed by atoms with Gasteiger partial charge in [-0.1, -0.05) is 0 Å². The fourth-order valence-corrected chi connectivity index (χ4v) is 7.55. The van der Waals surface area contributed by atoms with Gasteiger partial charge in [-0.15, -0.1) is 0 Å². The van der Waals surface area contributed by atoms with Gasteiger partial charge >= 0.3 is 35.3 Å². The Morgan fingerprint density at radius 1 is 1.12 bits per heavy atom. The zero-order chi connectivity index (χ0) is 24.3. The summed E-state index contributed by atoms with van der Waals surface area (Å²) in [5, 5.41) is 20.1. The van der Waals surface area contributed by atoms with E-state index >= 15 is 0 Å². The SMILES string of the molecule is Nc1nc(=O)n([C@@H]2O[C@H](COP3(=O)OP(=O)(O)OP(=O)(O)O3)C(O)C2O)cc1C(F)(F)F. The number of alkyl halides is 3. The Hall–Kier alpha value is -1.20. The third-order valence-electron chi connectivity index (χ3n) is 3.91. The molecular formula is C10H13F3N3O13P3. The number of rotatable bonds is 4. The number of hydrogen-bond acceptors (Lipinski definition) is 13. The number of anilines is 1. The Bertz CT molecular complexity index is 1080. The van der Waals surface area contributed by atoms with E-state index in [9.17, 15) is 41.9 Å².